The molecule has 9 heteroatoms. The zero-order valence-electron chi connectivity index (χ0n) is 23.1. The molecule has 1 N–H and O–H groups in total. The second-order valence-electron chi connectivity index (χ2n) is 10.2. The predicted octanol–water partition coefficient (Wildman–Crippen LogP) is 5.61. The Bertz CT molecular complexity index is 1590. The average Bonchev–Trinajstić information content (AvgIpc) is 3.69. The van der Waals surface area contributed by atoms with Gasteiger partial charge in [-0.25, -0.2) is 4.79 Å². The number of hydrogen-bond acceptors (Lipinski definition) is 5. The average molecular weight is 525 g/mol. The molecule has 5 rings (SSSR count). The number of benzene rings is 1. The smallest absolute Gasteiger partial charge is 0.331 e. The Kier molecular flexibility index (Phi) is 7.86. The van der Waals surface area contributed by atoms with Crippen molar-refractivity contribution < 1.29 is 0 Å². The van der Waals surface area contributed by atoms with Crippen molar-refractivity contribution in [2.45, 2.75) is 72.4 Å². The van der Waals surface area contributed by atoms with Gasteiger partial charge in [0.2, 0.25) is 5.82 Å². The van der Waals surface area contributed by atoms with Crippen LogP contribution in [-0.2, 0) is 19.4 Å². The van der Waals surface area contributed by atoms with Crippen LogP contribution in [0.15, 0.2) is 66.0 Å². The summed E-state index contributed by atoms with van der Waals surface area (Å²) >= 11 is 0. The maximum atomic E-state index is 14.1. The van der Waals surface area contributed by atoms with Gasteiger partial charge in [-0.05, 0) is 72.7 Å². The van der Waals surface area contributed by atoms with E-state index in [0.29, 0.717) is 12.4 Å². The molecule has 1 aromatic carbocycles. The molecular weight excluding hydrogens is 488 g/mol. The van der Waals surface area contributed by atoms with Gasteiger partial charge in [0.25, 0.3) is 0 Å². The van der Waals surface area contributed by atoms with E-state index in [4.69, 9.17) is 0 Å². The number of aryl methyl sites for hydroxylation is 2. The van der Waals surface area contributed by atoms with Gasteiger partial charge in [-0.2, -0.15) is 5.21 Å². The number of imidazole rings is 1. The number of unbranched alkanes of at least 4 members (excludes halogenated alkanes) is 1. The summed E-state index contributed by atoms with van der Waals surface area (Å²) in [6, 6.07) is 12.4. The fourth-order valence-corrected chi connectivity index (χ4v) is 5.22. The van der Waals surface area contributed by atoms with E-state index in [-0.39, 0.29) is 11.7 Å². The molecule has 0 bridgehead atoms. The summed E-state index contributed by atoms with van der Waals surface area (Å²) in [5, 5.41) is 14.7. The van der Waals surface area contributed by atoms with Crippen LogP contribution in [-0.4, -0.2) is 39.3 Å². The Labute approximate surface area is 228 Å². The summed E-state index contributed by atoms with van der Waals surface area (Å²) in [6.07, 6.45) is 12.6. The van der Waals surface area contributed by atoms with Crippen LogP contribution >= 0.6 is 0 Å². The van der Waals surface area contributed by atoms with Crippen LogP contribution in [0.3, 0.4) is 0 Å². The quantitative estimate of drug-likeness (QED) is 0.242. The van der Waals surface area contributed by atoms with Crippen LogP contribution < -0.4 is 5.69 Å². The summed E-state index contributed by atoms with van der Waals surface area (Å²) in [5.41, 5.74) is 5.99. The van der Waals surface area contributed by atoms with Crippen LogP contribution in [0.2, 0.25) is 0 Å². The minimum Gasteiger partial charge on any atom is -0.331 e. The van der Waals surface area contributed by atoms with Gasteiger partial charge in [-0.15, -0.1) is 10.2 Å². The Hall–Kier alpha value is -4.27. The first-order valence-corrected chi connectivity index (χ1v) is 13.8. The normalized spacial score (nSPS) is 11.5. The lowest BCUT2D eigenvalue weighted by Crippen LogP contribution is -2.27. The van der Waals surface area contributed by atoms with E-state index < -0.39 is 0 Å². The number of rotatable bonds is 11. The van der Waals surface area contributed by atoms with Crippen molar-refractivity contribution in [2.75, 3.05) is 0 Å². The summed E-state index contributed by atoms with van der Waals surface area (Å²) in [7, 11) is 0. The largest absolute Gasteiger partial charge is 0.334 e. The van der Waals surface area contributed by atoms with Crippen molar-refractivity contribution in [3.05, 3.63) is 88.5 Å². The molecule has 0 saturated heterocycles. The Morgan fingerprint density at radius 2 is 1.77 bits per heavy atom. The van der Waals surface area contributed by atoms with Crippen molar-refractivity contribution in [1.29, 1.82) is 0 Å². The Morgan fingerprint density at radius 1 is 0.949 bits per heavy atom. The van der Waals surface area contributed by atoms with Gasteiger partial charge in [0, 0.05) is 42.1 Å². The van der Waals surface area contributed by atoms with Crippen molar-refractivity contribution in [2.24, 2.45) is 0 Å². The topological polar surface area (TPSA) is 99.2 Å². The molecule has 0 atom stereocenters. The highest BCUT2D eigenvalue weighted by molar-refractivity contribution is 5.81. The number of tetrazole rings is 1. The molecule has 0 spiro atoms. The maximum Gasteiger partial charge on any atom is 0.334 e. The van der Waals surface area contributed by atoms with E-state index in [9.17, 15) is 4.79 Å². The van der Waals surface area contributed by atoms with Crippen LogP contribution in [0.1, 0.15) is 69.8 Å². The molecule has 202 valence electrons. The number of aromatic nitrogens is 8. The first-order valence-electron chi connectivity index (χ1n) is 13.8. The third-order valence-electron chi connectivity index (χ3n) is 7.16. The minimum atomic E-state index is -0.0275. The first-order chi connectivity index (χ1) is 19.0. The van der Waals surface area contributed by atoms with E-state index in [1.807, 2.05) is 45.7 Å². The van der Waals surface area contributed by atoms with Crippen LogP contribution in [0, 0.1) is 0 Å². The number of hydrogen-bond donors (Lipinski definition) is 1. The zero-order valence-corrected chi connectivity index (χ0v) is 23.1. The molecule has 5 aromatic rings. The number of nitrogens with zero attached hydrogens (tertiary/aromatic N) is 7. The molecule has 0 amide bonds. The fourth-order valence-electron chi connectivity index (χ4n) is 5.22. The third-order valence-corrected chi connectivity index (χ3v) is 7.16. The van der Waals surface area contributed by atoms with E-state index in [1.165, 1.54) is 5.56 Å². The second-order valence-corrected chi connectivity index (χ2v) is 10.2. The van der Waals surface area contributed by atoms with E-state index >= 15 is 0 Å². The summed E-state index contributed by atoms with van der Waals surface area (Å²) in [6.45, 7) is 9.08. The van der Waals surface area contributed by atoms with Crippen LogP contribution in [0.4, 0.5) is 0 Å². The Morgan fingerprint density at radius 3 is 2.49 bits per heavy atom. The molecular formula is C30H36N8O. The molecule has 0 aliphatic carbocycles. The van der Waals surface area contributed by atoms with Gasteiger partial charge in [0.1, 0.15) is 5.82 Å². The van der Waals surface area contributed by atoms with Gasteiger partial charge < -0.3 is 4.57 Å². The van der Waals surface area contributed by atoms with E-state index in [0.717, 1.165) is 65.9 Å². The molecule has 0 saturated carbocycles. The lowest BCUT2D eigenvalue weighted by Gasteiger charge is -2.15. The molecule has 0 fully saturated rings. The van der Waals surface area contributed by atoms with Gasteiger partial charge in [0.15, 0.2) is 0 Å². The van der Waals surface area contributed by atoms with Gasteiger partial charge in [0.05, 0.1) is 6.54 Å². The van der Waals surface area contributed by atoms with Crippen LogP contribution in [0.25, 0.3) is 28.3 Å². The molecule has 4 aromatic heterocycles. The minimum absolute atomic E-state index is 0.0275. The highest BCUT2D eigenvalue weighted by Crippen LogP contribution is 2.32. The standard InChI is InChI=1S/C30H36N8O/c1-5-7-11-24-20-38(29-22(10-6-2)15-17-36(29)21(3)4)30(39)37(24)19-23-18-31-16-14-25(23)26-12-8-9-13-27(26)28-32-34-35-33-28/h8-9,12-18,20-21H,5-7,10-11,19H2,1-4H3,(H,32,33,34,35). The van der Waals surface area contributed by atoms with Crippen molar-refractivity contribution in [3.8, 4) is 28.3 Å². The van der Waals surface area contributed by atoms with Gasteiger partial charge in [-0.3, -0.25) is 14.1 Å². The van der Waals surface area contributed by atoms with Crippen molar-refractivity contribution in [3.63, 3.8) is 0 Å². The number of pyridine rings is 1. The summed E-state index contributed by atoms with van der Waals surface area (Å²) in [4.78, 5) is 18.6. The lowest BCUT2D eigenvalue weighted by molar-refractivity contribution is 0.581. The van der Waals surface area contributed by atoms with Crippen molar-refractivity contribution in [1.82, 2.24) is 39.3 Å². The molecule has 9 nitrogen and oxygen atoms in total. The number of aromatic amines is 1. The first kappa shape index (κ1) is 26.3. The molecule has 4 heterocycles. The fraction of sp³-hybridized carbons (Fsp3) is 0.367. The molecule has 0 radical (unpaired) electrons. The molecule has 0 aliphatic rings. The highest BCUT2D eigenvalue weighted by Gasteiger charge is 2.21. The Balaban J connectivity index is 1.63. The molecule has 0 aliphatic heterocycles. The van der Waals surface area contributed by atoms with Crippen LogP contribution in [0.5, 0.6) is 0 Å². The van der Waals surface area contributed by atoms with Crippen molar-refractivity contribution >= 4 is 0 Å². The zero-order chi connectivity index (χ0) is 27.4. The molecule has 39 heavy (non-hydrogen) atoms. The third kappa shape index (κ3) is 5.21. The van der Waals surface area contributed by atoms with Gasteiger partial charge >= 0.3 is 5.69 Å². The van der Waals surface area contributed by atoms with E-state index in [2.05, 4.69) is 76.3 Å². The number of H-pyrrole nitrogens is 1. The predicted molar refractivity (Wildman–Crippen MR) is 153 cm³/mol. The molecule has 0 unspecified atom stereocenters. The summed E-state index contributed by atoms with van der Waals surface area (Å²) < 4.78 is 5.98. The highest BCUT2D eigenvalue weighted by atomic mass is 16.1. The second kappa shape index (κ2) is 11.6. The van der Waals surface area contributed by atoms with E-state index in [1.54, 1.807) is 6.20 Å². The SMILES string of the molecule is CCCCc1cn(-c2c(CCC)ccn2C(C)C)c(=O)n1Cc1cnccc1-c1ccccc1-c1nn[nH]n1. The summed E-state index contributed by atoms with van der Waals surface area (Å²) in [5.74, 6) is 1.50. The maximum absolute atomic E-state index is 14.1. The number of nitrogens with one attached hydrogen (secondary N) is 1. The monoisotopic (exact) mass is 524 g/mol. The van der Waals surface area contributed by atoms with Gasteiger partial charge in [-0.1, -0.05) is 51.0 Å². The lowest BCUT2D eigenvalue weighted by atomic mass is 9.96.